The zero-order chi connectivity index (χ0) is 13.3. The van der Waals surface area contributed by atoms with E-state index in [2.05, 4.69) is 9.71 Å². The van der Waals surface area contributed by atoms with Crippen molar-refractivity contribution in [1.82, 2.24) is 4.98 Å². The van der Waals surface area contributed by atoms with Crippen LogP contribution >= 0.6 is 11.3 Å². The second-order valence-corrected chi connectivity index (χ2v) is 6.02. The second-order valence-electron chi connectivity index (χ2n) is 3.48. The minimum absolute atomic E-state index is 0.178. The van der Waals surface area contributed by atoms with Crippen LogP contribution < -0.4 is 4.72 Å². The maximum Gasteiger partial charge on any atom is 0.263 e. The standard InChI is InChI=1S/C10H8F2N2O2S2/c1-6-5-17-10(13-6)14-18(15,16)7-2-3-8(11)9(12)4-7/h2-5H,1H3,(H,13,14). The zero-order valence-electron chi connectivity index (χ0n) is 9.15. The fourth-order valence-electron chi connectivity index (χ4n) is 1.22. The van der Waals surface area contributed by atoms with Crippen molar-refractivity contribution in [3.05, 3.63) is 40.9 Å². The number of benzene rings is 1. The van der Waals surface area contributed by atoms with Gasteiger partial charge in [-0.05, 0) is 25.1 Å². The van der Waals surface area contributed by atoms with Gasteiger partial charge in [0.15, 0.2) is 16.8 Å². The van der Waals surface area contributed by atoms with Crippen molar-refractivity contribution in [2.45, 2.75) is 11.8 Å². The minimum Gasteiger partial charge on any atom is -0.255 e. The Balaban J connectivity index is 2.33. The summed E-state index contributed by atoms with van der Waals surface area (Å²) in [4.78, 5) is 3.57. The molecule has 0 bridgehead atoms. The highest BCUT2D eigenvalue weighted by Crippen LogP contribution is 2.20. The molecule has 0 radical (unpaired) electrons. The molecular formula is C10H8F2N2O2S2. The third-order valence-corrected chi connectivity index (χ3v) is 4.38. The van der Waals surface area contributed by atoms with Crippen LogP contribution in [-0.2, 0) is 10.0 Å². The molecule has 0 aliphatic rings. The number of aryl methyl sites for hydroxylation is 1. The molecule has 0 fully saturated rings. The maximum absolute atomic E-state index is 13.0. The number of thiazole rings is 1. The second kappa shape index (κ2) is 4.62. The van der Waals surface area contributed by atoms with Crippen molar-refractivity contribution in [1.29, 1.82) is 0 Å². The molecule has 0 saturated heterocycles. The van der Waals surface area contributed by atoms with Gasteiger partial charge in [-0.3, -0.25) is 4.72 Å². The summed E-state index contributed by atoms with van der Waals surface area (Å²) in [6.07, 6.45) is 0. The first-order valence-electron chi connectivity index (χ1n) is 4.78. The SMILES string of the molecule is Cc1csc(NS(=O)(=O)c2ccc(F)c(F)c2)n1. The number of hydrogen-bond acceptors (Lipinski definition) is 4. The summed E-state index contributed by atoms with van der Waals surface area (Å²) in [5.74, 6) is -2.31. The molecule has 1 N–H and O–H groups in total. The summed E-state index contributed by atoms with van der Waals surface area (Å²) >= 11 is 1.11. The van der Waals surface area contributed by atoms with E-state index in [1.807, 2.05) is 0 Å². The molecule has 96 valence electrons. The summed E-state index contributed by atoms with van der Waals surface area (Å²) in [5.41, 5.74) is 0.669. The van der Waals surface area contributed by atoms with Crippen LogP contribution in [0.15, 0.2) is 28.5 Å². The van der Waals surface area contributed by atoms with Crippen LogP contribution in [0.4, 0.5) is 13.9 Å². The quantitative estimate of drug-likeness (QED) is 0.945. The van der Waals surface area contributed by atoms with E-state index in [1.54, 1.807) is 12.3 Å². The van der Waals surface area contributed by atoms with Crippen LogP contribution in [0.2, 0.25) is 0 Å². The molecule has 2 aromatic rings. The van der Waals surface area contributed by atoms with Gasteiger partial charge in [-0.1, -0.05) is 0 Å². The third kappa shape index (κ3) is 2.65. The first kappa shape index (κ1) is 12.9. The Morgan fingerprint density at radius 2 is 2.00 bits per heavy atom. The minimum atomic E-state index is -3.95. The Bertz CT molecular complexity index is 683. The molecule has 4 nitrogen and oxygen atoms in total. The molecular weight excluding hydrogens is 282 g/mol. The van der Waals surface area contributed by atoms with E-state index in [0.29, 0.717) is 11.8 Å². The lowest BCUT2D eigenvalue weighted by Gasteiger charge is -2.05. The monoisotopic (exact) mass is 290 g/mol. The lowest BCUT2D eigenvalue weighted by molar-refractivity contribution is 0.504. The first-order valence-corrected chi connectivity index (χ1v) is 7.15. The Kier molecular flexibility index (Phi) is 3.31. The van der Waals surface area contributed by atoms with E-state index >= 15 is 0 Å². The van der Waals surface area contributed by atoms with Gasteiger partial charge in [-0.2, -0.15) is 0 Å². The van der Waals surface area contributed by atoms with Gasteiger partial charge in [0, 0.05) is 5.38 Å². The zero-order valence-corrected chi connectivity index (χ0v) is 10.8. The van der Waals surface area contributed by atoms with Gasteiger partial charge in [0.05, 0.1) is 10.6 Å². The molecule has 0 saturated carbocycles. The number of halogens is 2. The molecule has 1 aromatic carbocycles. The molecule has 0 aliphatic carbocycles. The predicted molar refractivity (Wildman–Crippen MR) is 64.0 cm³/mol. The lowest BCUT2D eigenvalue weighted by Crippen LogP contribution is -2.13. The number of aromatic nitrogens is 1. The van der Waals surface area contributed by atoms with E-state index in [4.69, 9.17) is 0 Å². The first-order chi connectivity index (χ1) is 8.38. The summed E-state index contributed by atoms with van der Waals surface area (Å²) in [6.45, 7) is 1.71. The summed E-state index contributed by atoms with van der Waals surface area (Å²) < 4.78 is 51.6. The summed E-state index contributed by atoms with van der Waals surface area (Å²) in [6, 6.07) is 2.37. The Hall–Kier alpha value is -1.54. The van der Waals surface area contributed by atoms with Gasteiger partial charge in [-0.15, -0.1) is 11.3 Å². The number of rotatable bonds is 3. The van der Waals surface area contributed by atoms with E-state index in [0.717, 1.165) is 23.5 Å². The van der Waals surface area contributed by atoms with Crippen molar-refractivity contribution in [2.75, 3.05) is 4.72 Å². The fourth-order valence-corrected chi connectivity index (χ4v) is 3.17. The molecule has 2 rings (SSSR count). The van der Waals surface area contributed by atoms with Crippen molar-refractivity contribution in [2.24, 2.45) is 0 Å². The molecule has 8 heteroatoms. The van der Waals surface area contributed by atoms with Crippen LogP contribution in [0, 0.1) is 18.6 Å². The average Bonchev–Trinajstić information content (AvgIpc) is 2.67. The van der Waals surface area contributed by atoms with Crippen molar-refractivity contribution in [3.63, 3.8) is 0 Å². The van der Waals surface area contributed by atoms with Crippen molar-refractivity contribution in [3.8, 4) is 0 Å². The van der Waals surface area contributed by atoms with E-state index < -0.39 is 21.7 Å². The molecule has 1 heterocycles. The third-order valence-electron chi connectivity index (χ3n) is 2.04. The van der Waals surface area contributed by atoms with Crippen molar-refractivity contribution < 1.29 is 17.2 Å². The normalized spacial score (nSPS) is 11.5. The average molecular weight is 290 g/mol. The number of hydrogen-bond donors (Lipinski definition) is 1. The molecule has 0 atom stereocenters. The number of sulfonamides is 1. The largest absolute Gasteiger partial charge is 0.263 e. The van der Waals surface area contributed by atoms with Gasteiger partial charge in [0.2, 0.25) is 0 Å². The van der Waals surface area contributed by atoms with E-state index in [1.165, 1.54) is 0 Å². The van der Waals surface area contributed by atoms with Gasteiger partial charge in [-0.25, -0.2) is 22.2 Å². The van der Waals surface area contributed by atoms with Gasteiger partial charge >= 0.3 is 0 Å². The van der Waals surface area contributed by atoms with E-state index in [9.17, 15) is 17.2 Å². The number of nitrogens with one attached hydrogen (secondary N) is 1. The molecule has 0 unspecified atom stereocenters. The highest BCUT2D eigenvalue weighted by atomic mass is 32.2. The maximum atomic E-state index is 13.0. The molecule has 0 aliphatic heterocycles. The topological polar surface area (TPSA) is 59.1 Å². The summed E-state index contributed by atoms with van der Waals surface area (Å²) in [7, 11) is -3.95. The Morgan fingerprint density at radius 3 is 2.56 bits per heavy atom. The molecule has 18 heavy (non-hydrogen) atoms. The van der Waals surface area contributed by atoms with Gasteiger partial charge in [0.25, 0.3) is 10.0 Å². The van der Waals surface area contributed by atoms with Crippen molar-refractivity contribution >= 4 is 26.5 Å². The fraction of sp³-hybridized carbons (Fsp3) is 0.100. The summed E-state index contributed by atoms with van der Waals surface area (Å²) in [5, 5.41) is 1.85. The van der Waals surface area contributed by atoms with Crippen LogP contribution in [0.5, 0.6) is 0 Å². The molecule has 0 spiro atoms. The lowest BCUT2D eigenvalue weighted by atomic mass is 10.3. The molecule has 1 aromatic heterocycles. The Labute approximate surface area is 106 Å². The van der Waals surface area contributed by atoms with Gasteiger partial charge in [0.1, 0.15) is 0 Å². The van der Waals surface area contributed by atoms with Crippen LogP contribution in [0.1, 0.15) is 5.69 Å². The smallest absolute Gasteiger partial charge is 0.255 e. The number of anilines is 1. The Morgan fingerprint density at radius 1 is 1.28 bits per heavy atom. The number of nitrogens with zero attached hydrogens (tertiary/aromatic N) is 1. The van der Waals surface area contributed by atoms with Crippen LogP contribution in [0.25, 0.3) is 0 Å². The van der Waals surface area contributed by atoms with E-state index in [-0.39, 0.29) is 10.0 Å². The van der Waals surface area contributed by atoms with Crippen LogP contribution in [0.3, 0.4) is 0 Å². The highest BCUT2D eigenvalue weighted by molar-refractivity contribution is 7.93. The molecule has 0 amide bonds. The van der Waals surface area contributed by atoms with Crippen LogP contribution in [-0.4, -0.2) is 13.4 Å². The highest BCUT2D eigenvalue weighted by Gasteiger charge is 2.17. The van der Waals surface area contributed by atoms with Gasteiger partial charge < -0.3 is 0 Å². The predicted octanol–water partition coefficient (Wildman–Crippen LogP) is 2.53.